The highest BCUT2D eigenvalue weighted by Crippen LogP contribution is 2.10. The topological polar surface area (TPSA) is 69.7 Å². The lowest BCUT2D eigenvalue weighted by atomic mass is 10.1. The molecule has 0 heterocycles. The van der Waals surface area contributed by atoms with Crippen LogP contribution in [0.4, 0.5) is 0 Å². The van der Waals surface area contributed by atoms with Crippen molar-refractivity contribution in [3.05, 3.63) is 12.7 Å². The predicted molar refractivity (Wildman–Crippen MR) is 78.4 cm³/mol. The van der Waals surface area contributed by atoms with E-state index in [1.807, 2.05) is 0 Å². The van der Waals surface area contributed by atoms with E-state index in [1.165, 1.54) is 38.5 Å². The van der Waals surface area contributed by atoms with Crippen molar-refractivity contribution >= 4 is 16.4 Å². The number of rotatable bonds is 13. The molecular weight excluding hydrogens is 280 g/mol. The molecule has 0 bridgehead atoms. The molecule has 118 valence electrons. The van der Waals surface area contributed by atoms with Crippen molar-refractivity contribution in [3.63, 3.8) is 0 Å². The van der Waals surface area contributed by atoms with Gasteiger partial charge in [-0.3, -0.25) is 0 Å². The van der Waals surface area contributed by atoms with Gasteiger partial charge in [0.05, 0.1) is 6.61 Å². The van der Waals surface area contributed by atoms with E-state index < -0.39 is 16.4 Å². The van der Waals surface area contributed by atoms with Crippen LogP contribution in [0.3, 0.4) is 0 Å². The van der Waals surface area contributed by atoms with Gasteiger partial charge in [0.15, 0.2) is 0 Å². The largest absolute Gasteiger partial charge is 0.451 e. The van der Waals surface area contributed by atoms with E-state index >= 15 is 0 Å². The van der Waals surface area contributed by atoms with Crippen molar-refractivity contribution in [1.29, 1.82) is 0 Å². The summed E-state index contributed by atoms with van der Waals surface area (Å²) >= 11 is 0. The van der Waals surface area contributed by atoms with Crippen molar-refractivity contribution in [1.82, 2.24) is 0 Å². The van der Waals surface area contributed by atoms with Crippen molar-refractivity contribution in [3.8, 4) is 0 Å². The Kier molecular flexibility index (Phi) is 11.4. The van der Waals surface area contributed by atoms with Crippen LogP contribution in [0.2, 0.25) is 0 Å². The Labute approximate surface area is 122 Å². The molecule has 0 saturated heterocycles. The number of hydrogen-bond donors (Lipinski definition) is 0. The highest BCUT2D eigenvalue weighted by molar-refractivity contribution is 7.82. The minimum absolute atomic E-state index is 0.0442. The van der Waals surface area contributed by atoms with Gasteiger partial charge in [0.1, 0.15) is 0 Å². The normalized spacial score (nSPS) is 11.2. The molecule has 0 saturated carbocycles. The van der Waals surface area contributed by atoms with E-state index in [9.17, 15) is 13.2 Å². The minimum atomic E-state index is -4.22. The Morgan fingerprint density at radius 2 is 1.50 bits per heavy atom. The maximum atomic E-state index is 11.1. The zero-order valence-corrected chi connectivity index (χ0v) is 13.1. The summed E-state index contributed by atoms with van der Waals surface area (Å²) in [4.78, 5) is 10.7. The molecule has 5 nitrogen and oxygen atoms in total. The van der Waals surface area contributed by atoms with Crippen molar-refractivity contribution in [2.24, 2.45) is 0 Å². The number of hydrogen-bond acceptors (Lipinski definition) is 5. The third kappa shape index (κ3) is 12.2. The predicted octanol–water partition coefficient (Wildman–Crippen LogP) is 3.51. The van der Waals surface area contributed by atoms with Crippen molar-refractivity contribution in [2.45, 2.75) is 64.7 Å². The first-order chi connectivity index (χ1) is 9.52. The molecular formula is C14H26O5S. The first-order valence-electron chi connectivity index (χ1n) is 7.27. The molecule has 0 aromatic carbocycles. The number of carbonyl (C=O) groups excluding carboxylic acids is 1. The molecule has 0 radical (unpaired) electrons. The van der Waals surface area contributed by atoms with Crippen LogP contribution in [0.25, 0.3) is 0 Å². The molecule has 0 fully saturated rings. The van der Waals surface area contributed by atoms with Crippen LogP contribution in [-0.4, -0.2) is 21.0 Å². The van der Waals surface area contributed by atoms with Crippen LogP contribution in [-0.2, 0) is 23.6 Å². The van der Waals surface area contributed by atoms with E-state index in [2.05, 4.69) is 21.9 Å². The van der Waals surface area contributed by atoms with Gasteiger partial charge < -0.3 is 4.18 Å². The lowest BCUT2D eigenvalue weighted by Crippen LogP contribution is -2.14. The summed E-state index contributed by atoms with van der Waals surface area (Å²) in [5.41, 5.74) is 0. The van der Waals surface area contributed by atoms with E-state index in [0.717, 1.165) is 18.9 Å². The van der Waals surface area contributed by atoms with Crippen LogP contribution in [0.15, 0.2) is 12.7 Å². The Balaban J connectivity index is 3.43. The molecule has 0 aromatic heterocycles. The Bertz CT molecular complexity index is 362. The molecule has 0 N–H and O–H groups in total. The number of unbranched alkanes of at least 4 members (excludes halogenated alkanes) is 8. The van der Waals surface area contributed by atoms with E-state index in [0.29, 0.717) is 6.42 Å². The van der Waals surface area contributed by atoms with E-state index in [1.54, 1.807) is 0 Å². The average Bonchev–Trinajstić information content (AvgIpc) is 2.40. The summed E-state index contributed by atoms with van der Waals surface area (Å²) in [6, 6.07) is 0. The highest BCUT2D eigenvalue weighted by atomic mass is 32.3. The van der Waals surface area contributed by atoms with E-state index in [4.69, 9.17) is 0 Å². The van der Waals surface area contributed by atoms with E-state index in [-0.39, 0.29) is 6.61 Å². The summed E-state index contributed by atoms with van der Waals surface area (Å²) in [5, 5.41) is 0. The zero-order valence-electron chi connectivity index (χ0n) is 12.3. The smallest absolute Gasteiger partial charge is 0.321 e. The van der Waals surface area contributed by atoms with Crippen LogP contribution in [0.5, 0.6) is 0 Å². The van der Waals surface area contributed by atoms with Gasteiger partial charge in [-0.15, -0.1) is 0 Å². The fraction of sp³-hybridized carbons (Fsp3) is 0.786. The first kappa shape index (κ1) is 19.1. The maximum absolute atomic E-state index is 11.1. The van der Waals surface area contributed by atoms with Crippen LogP contribution >= 0.6 is 0 Å². The third-order valence-corrected chi connectivity index (χ3v) is 3.65. The first-order valence-corrected chi connectivity index (χ1v) is 8.60. The standard InChI is InChI=1S/C14H26O5S/c1-3-5-6-7-8-9-10-11-12-13-18-20(16,17)19-14(15)4-2/h4H,2-3,5-13H2,1H3. The van der Waals surface area contributed by atoms with Gasteiger partial charge in [-0.2, -0.15) is 8.42 Å². The second-order valence-electron chi connectivity index (χ2n) is 4.67. The summed E-state index contributed by atoms with van der Waals surface area (Å²) in [7, 11) is -4.22. The Hall–Kier alpha value is -0.880. The zero-order chi connectivity index (χ0) is 15.3. The van der Waals surface area contributed by atoms with Gasteiger partial charge in [0, 0.05) is 6.08 Å². The molecule has 0 atom stereocenters. The van der Waals surface area contributed by atoms with Crippen LogP contribution < -0.4 is 0 Å². The quantitative estimate of drug-likeness (QED) is 0.385. The molecule has 0 aliphatic heterocycles. The molecule has 0 aromatic rings. The monoisotopic (exact) mass is 306 g/mol. The summed E-state index contributed by atoms with van der Waals surface area (Å²) in [5.74, 6) is -1.03. The fourth-order valence-corrected chi connectivity index (χ4v) is 2.37. The van der Waals surface area contributed by atoms with Crippen LogP contribution in [0, 0.1) is 0 Å². The van der Waals surface area contributed by atoms with Crippen LogP contribution in [0.1, 0.15) is 64.7 Å². The highest BCUT2D eigenvalue weighted by Gasteiger charge is 2.15. The molecule has 0 unspecified atom stereocenters. The second-order valence-corrected chi connectivity index (χ2v) is 5.88. The molecule has 20 heavy (non-hydrogen) atoms. The number of carbonyl (C=O) groups is 1. The minimum Gasteiger partial charge on any atom is -0.321 e. The molecule has 0 rings (SSSR count). The lowest BCUT2D eigenvalue weighted by Gasteiger charge is -2.04. The maximum Gasteiger partial charge on any atom is 0.451 e. The van der Waals surface area contributed by atoms with Crippen molar-refractivity contribution < 1.29 is 21.6 Å². The van der Waals surface area contributed by atoms with Crippen molar-refractivity contribution in [2.75, 3.05) is 6.61 Å². The summed E-state index contributed by atoms with van der Waals surface area (Å²) in [6.07, 6.45) is 10.9. The summed E-state index contributed by atoms with van der Waals surface area (Å²) in [6.45, 7) is 5.35. The molecule has 0 aliphatic carbocycles. The third-order valence-electron chi connectivity index (χ3n) is 2.83. The molecule has 0 aliphatic rings. The lowest BCUT2D eigenvalue weighted by molar-refractivity contribution is -0.129. The summed E-state index contributed by atoms with van der Waals surface area (Å²) < 4.78 is 30.9. The Morgan fingerprint density at radius 1 is 1.00 bits per heavy atom. The SMILES string of the molecule is C=CC(=O)OS(=O)(=O)OCCCCCCCCCCC. The second kappa shape index (κ2) is 11.9. The fourth-order valence-electron chi connectivity index (χ4n) is 1.73. The van der Waals surface area contributed by atoms with Gasteiger partial charge in [-0.05, 0) is 6.42 Å². The van der Waals surface area contributed by atoms with Gasteiger partial charge >= 0.3 is 16.4 Å². The molecule has 0 amide bonds. The molecule has 0 spiro atoms. The van der Waals surface area contributed by atoms with Gasteiger partial charge in [-0.1, -0.05) is 64.9 Å². The van der Waals surface area contributed by atoms with Gasteiger partial charge in [-0.25, -0.2) is 8.98 Å². The Morgan fingerprint density at radius 3 is 2.00 bits per heavy atom. The van der Waals surface area contributed by atoms with Gasteiger partial charge in [0.25, 0.3) is 0 Å². The average molecular weight is 306 g/mol. The van der Waals surface area contributed by atoms with Gasteiger partial charge in [0.2, 0.25) is 0 Å². The molecule has 6 heteroatoms.